The molecule has 1 saturated heterocycles. The molecule has 1 aliphatic heterocycles. The van der Waals surface area contributed by atoms with E-state index in [1.807, 2.05) is 23.1 Å². The zero-order valence-corrected chi connectivity index (χ0v) is 17.3. The van der Waals surface area contributed by atoms with Crippen molar-refractivity contribution in [3.8, 4) is 0 Å². The number of urea groups is 1. The van der Waals surface area contributed by atoms with Crippen LogP contribution in [-0.4, -0.2) is 30.2 Å². The van der Waals surface area contributed by atoms with E-state index < -0.39 is 0 Å². The van der Waals surface area contributed by atoms with E-state index in [1.165, 1.54) is 16.7 Å². The Kier molecular flexibility index (Phi) is 7.10. The number of carbonyl (C=O) groups is 1. The first-order valence-corrected chi connectivity index (χ1v) is 10.4. The molecule has 150 valence electrons. The summed E-state index contributed by atoms with van der Waals surface area (Å²) in [6, 6.07) is 16.4. The monoisotopic (exact) mass is 380 g/mol. The van der Waals surface area contributed by atoms with Crippen LogP contribution in [0.4, 0.5) is 10.5 Å². The molecule has 0 aliphatic carbocycles. The van der Waals surface area contributed by atoms with Crippen LogP contribution in [-0.2, 0) is 17.7 Å². The SMILES string of the molecule is CCc1ccc(NC(=O)N(Cc2ccccc2C(C)C)C[C@@H]2CCCO2)cc1. The van der Waals surface area contributed by atoms with Crippen molar-refractivity contribution in [3.05, 3.63) is 65.2 Å². The van der Waals surface area contributed by atoms with Crippen LogP contribution < -0.4 is 5.32 Å². The van der Waals surface area contributed by atoms with Crippen LogP contribution in [0.25, 0.3) is 0 Å². The number of ether oxygens (including phenoxy) is 1. The van der Waals surface area contributed by atoms with Crippen molar-refractivity contribution in [3.63, 3.8) is 0 Å². The largest absolute Gasteiger partial charge is 0.376 e. The number of hydrogen-bond donors (Lipinski definition) is 1. The average Bonchev–Trinajstić information content (AvgIpc) is 3.21. The third-order valence-electron chi connectivity index (χ3n) is 5.39. The first-order valence-electron chi connectivity index (χ1n) is 10.4. The zero-order chi connectivity index (χ0) is 19.9. The molecule has 3 rings (SSSR count). The lowest BCUT2D eigenvalue weighted by molar-refractivity contribution is 0.0818. The topological polar surface area (TPSA) is 41.6 Å². The van der Waals surface area contributed by atoms with Gasteiger partial charge in [0.15, 0.2) is 0 Å². The van der Waals surface area contributed by atoms with Crippen LogP contribution >= 0.6 is 0 Å². The highest BCUT2D eigenvalue weighted by Crippen LogP contribution is 2.23. The highest BCUT2D eigenvalue weighted by atomic mass is 16.5. The van der Waals surface area contributed by atoms with Gasteiger partial charge in [0.1, 0.15) is 0 Å². The van der Waals surface area contributed by atoms with Crippen LogP contribution in [0.2, 0.25) is 0 Å². The van der Waals surface area contributed by atoms with Gasteiger partial charge in [-0.15, -0.1) is 0 Å². The molecular formula is C24H32N2O2. The van der Waals surface area contributed by atoms with Gasteiger partial charge in [-0.25, -0.2) is 4.79 Å². The number of carbonyl (C=O) groups excluding carboxylic acids is 1. The summed E-state index contributed by atoms with van der Waals surface area (Å²) in [6.45, 7) is 8.51. The second-order valence-electron chi connectivity index (χ2n) is 7.85. The standard InChI is InChI=1S/C24H32N2O2/c1-4-19-11-13-21(14-12-19)25-24(27)26(17-22-9-7-15-28-22)16-20-8-5-6-10-23(20)18(2)3/h5-6,8,10-14,18,22H,4,7,9,15-17H2,1-3H3,(H,25,27)/t22-/m0/s1. The highest BCUT2D eigenvalue weighted by Gasteiger charge is 2.24. The smallest absolute Gasteiger partial charge is 0.322 e. The molecule has 1 atom stereocenters. The highest BCUT2D eigenvalue weighted by molar-refractivity contribution is 5.89. The maximum Gasteiger partial charge on any atom is 0.322 e. The van der Waals surface area contributed by atoms with Gasteiger partial charge in [-0.05, 0) is 54.0 Å². The molecule has 2 amide bonds. The van der Waals surface area contributed by atoms with Crippen LogP contribution in [0.15, 0.2) is 48.5 Å². The summed E-state index contributed by atoms with van der Waals surface area (Å²) >= 11 is 0. The van der Waals surface area contributed by atoms with Crippen LogP contribution in [0.5, 0.6) is 0 Å². The van der Waals surface area contributed by atoms with Crippen molar-refractivity contribution in [2.24, 2.45) is 0 Å². The minimum atomic E-state index is -0.0710. The van der Waals surface area contributed by atoms with E-state index in [9.17, 15) is 4.79 Å². The van der Waals surface area contributed by atoms with Gasteiger partial charge < -0.3 is 15.0 Å². The number of aryl methyl sites for hydroxylation is 1. The van der Waals surface area contributed by atoms with Gasteiger partial charge in [-0.2, -0.15) is 0 Å². The summed E-state index contributed by atoms with van der Waals surface area (Å²) in [4.78, 5) is 15.0. The first-order chi connectivity index (χ1) is 13.6. The molecule has 1 N–H and O–H groups in total. The van der Waals surface area contributed by atoms with Gasteiger partial charge in [0.25, 0.3) is 0 Å². The van der Waals surface area contributed by atoms with Gasteiger partial charge in [0.2, 0.25) is 0 Å². The lowest BCUT2D eigenvalue weighted by Crippen LogP contribution is -2.39. The molecule has 1 fully saturated rings. The molecule has 0 spiro atoms. The Morgan fingerprint density at radius 1 is 1.18 bits per heavy atom. The van der Waals surface area contributed by atoms with E-state index in [2.05, 4.69) is 56.4 Å². The second kappa shape index (κ2) is 9.74. The number of nitrogens with zero attached hydrogens (tertiary/aromatic N) is 1. The number of nitrogens with one attached hydrogen (secondary N) is 1. The Morgan fingerprint density at radius 2 is 1.93 bits per heavy atom. The Labute approximate surface area is 168 Å². The predicted molar refractivity (Wildman–Crippen MR) is 115 cm³/mol. The average molecular weight is 381 g/mol. The van der Waals surface area contributed by atoms with Crippen molar-refractivity contribution in [2.45, 2.75) is 58.6 Å². The lowest BCUT2D eigenvalue weighted by atomic mass is 9.97. The fourth-order valence-corrected chi connectivity index (χ4v) is 3.73. The first kappa shape index (κ1) is 20.4. The molecule has 0 saturated carbocycles. The maximum absolute atomic E-state index is 13.1. The molecule has 2 aromatic rings. The summed E-state index contributed by atoms with van der Waals surface area (Å²) in [5.74, 6) is 0.422. The molecular weight excluding hydrogens is 348 g/mol. The van der Waals surface area contributed by atoms with Crippen LogP contribution in [0.3, 0.4) is 0 Å². The third kappa shape index (κ3) is 5.35. The zero-order valence-electron chi connectivity index (χ0n) is 17.3. The molecule has 1 heterocycles. The summed E-state index contributed by atoms with van der Waals surface area (Å²) in [5, 5.41) is 3.07. The molecule has 0 aromatic heterocycles. The molecule has 4 heteroatoms. The number of anilines is 1. The Hall–Kier alpha value is -2.33. The van der Waals surface area contributed by atoms with Crippen molar-refractivity contribution in [2.75, 3.05) is 18.5 Å². The fraction of sp³-hybridized carbons (Fsp3) is 0.458. The number of hydrogen-bond acceptors (Lipinski definition) is 2. The van der Waals surface area contributed by atoms with Gasteiger partial charge in [0, 0.05) is 25.4 Å². The van der Waals surface area contributed by atoms with E-state index in [1.54, 1.807) is 0 Å². The second-order valence-corrected chi connectivity index (χ2v) is 7.85. The summed E-state index contributed by atoms with van der Waals surface area (Å²) in [7, 11) is 0. The Bertz CT molecular complexity index is 764. The van der Waals surface area contributed by atoms with Crippen molar-refractivity contribution in [1.82, 2.24) is 4.90 Å². The van der Waals surface area contributed by atoms with Gasteiger partial charge in [-0.1, -0.05) is 57.2 Å². The predicted octanol–water partition coefficient (Wildman–Crippen LogP) is 5.59. The Morgan fingerprint density at radius 3 is 2.57 bits per heavy atom. The van der Waals surface area contributed by atoms with Crippen molar-refractivity contribution in [1.29, 1.82) is 0 Å². The van der Waals surface area contributed by atoms with E-state index in [0.29, 0.717) is 19.0 Å². The molecule has 2 aromatic carbocycles. The molecule has 4 nitrogen and oxygen atoms in total. The third-order valence-corrected chi connectivity index (χ3v) is 5.39. The summed E-state index contributed by atoms with van der Waals surface area (Å²) < 4.78 is 5.81. The van der Waals surface area contributed by atoms with E-state index in [4.69, 9.17) is 4.74 Å². The number of amides is 2. The van der Waals surface area contributed by atoms with Gasteiger partial charge in [-0.3, -0.25) is 0 Å². The Balaban J connectivity index is 1.76. The summed E-state index contributed by atoms with van der Waals surface area (Å²) in [5.41, 5.74) is 4.59. The van der Waals surface area contributed by atoms with Crippen molar-refractivity contribution >= 4 is 11.7 Å². The summed E-state index contributed by atoms with van der Waals surface area (Å²) in [6.07, 6.45) is 3.20. The van der Waals surface area contributed by atoms with Crippen molar-refractivity contribution < 1.29 is 9.53 Å². The van der Waals surface area contributed by atoms with E-state index >= 15 is 0 Å². The molecule has 0 radical (unpaired) electrons. The molecule has 0 bridgehead atoms. The van der Waals surface area contributed by atoms with Gasteiger partial charge >= 0.3 is 6.03 Å². The normalized spacial score (nSPS) is 16.4. The molecule has 28 heavy (non-hydrogen) atoms. The number of benzene rings is 2. The molecule has 1 aliphatic rings. The maximum atomic E-state index is 13.1. The minimum Gasteiger partial charge on any atom is -0.376 e. The molecule has 0 unspecified atom stereocenters. The van der Waals surface area contributed by atoms with Crippen LogP contribution in [0, 0.1) is 0 Å². The minimum absolute atomic E-state index is 0.0710. The van der Waals surface area contributed by atoms with Gasteiger partial charge in [0.05, 0.1) is 6.10 Å². The van der Waals surface area contributed by atoms with Crippen LogP contribution in [0.1, 0.15) is 56.2 Å². The van der Waals surface area contributed by atoms with E-state index in [0.717, 1.165) is 31.6 Å². The fourth-order valence-electron chi connectivity index (χ4n) is 3.73. The quantitative estimate of drug-likeness (QED) is 0.681. The number of rotatable bonds is 7. The van der Waals surface area contributed by atoms with E-state index in [-0.39, 0.29) is 12.1 Å². The lowest BCUT2D eigenvalue weighted by Gasteiger charge is -2.27.